The summed E-state index contributed by atoms with van der Waals surface area (Å²) in [4.78, 5) is 34.3. The number of benzene rings is 2. The van der Waals surface area contributed by atoms with Crippen molar-refractivity contribution >= 4 is 23.6 Å². The van der Waals surface area contributed by atoms with Gasteiger partial charge in [-0.3, -0.25) is 14.6 Å². The van der Waals surface area contributed by atoms with Crippen molar-refractivity contribution in [2.75, 3.05) is 38.2 Å². The topological polar surface area (TPSA) is 74.8 Å². The third-order valence-corrected chi connectivity index (χ3v) is 5.50. The van der Waals surface area contributed by atoms with E-state index in [-0.39, 0.29) is 17.5 Å². The second kappa shape index (κ2) is 10.5. The minimum atomic E-state index is -0.327. The quantitative estimate of drug-likeness (QED) is 0.594. The molecule has 0 atom stereocenters. The number of nitrogens with zero attached hydrogens (tertiary/aromatic N) is 3. The maximum atomic E-state index is 13.4. The number of rotatable bonds is 6. The summed E-state index contributed by atoms with van der Waals surface area (Å²) < 4.78 is 5.48. The lowest BCUT2D eigenvalue weighted by atomic mass is 10.1. The number of nitrogens with one attached hydrogen (secondary N) is 1. The average molecular weight is 443 g/mol. The summed E-state index contributed by atoms with van der Waals surface area (Å²) in [6.07, 6.45) is 4.99. The third-order valence-electron chi connectivity index (χ3n) is 5.50. The van der Waals surface area contributed by atoms with Crippen molar-refractivity contribution in [1.29, 1.82) is 0 Å². The third kappa shape index (κ3) is 5.38. The van der Waals surface area contributed by atoms with Crippen LogP contribution in [0.3, 0.4) is 0 Å². The van der Waals surface area contributed by atoms with Crippen molar-refractivity contribution in [3.8, 4) is 5.75 Å². The summed E-state index contributed by atoms with van der Waals surface area (Å²) in [6, 6.07) is 20.3. The minimum Gasteiger partial charge on any atom is -0.495 e. The van der Waals surface area contributed by atoms with E-state index in [1.165, 1.54) is 0 Å². The first kappa shape index (κ1) is 22.1. The molecule has 3 aromatic rings. The molecule has 0 radical (unpaired) electrons. The van der Waals surface area contributed by atoms with Gasteiger partial charge in [0.25, 0.3) is 11.8 Å². The summed E-state index contributed by atoms with van der Waals surface area (Å²) in [7, 11) is 1.66. The lowest BCUT2D eigenvalue weighted by Gasteiger charge is -2.37. The number of hydrogen-bond acceptors (Lipinski definition) is 5. The van der Waals surface area contributed by atoms with Gasteiger partial charge >= 0.3 is 0 Å². The van der Waals surface area contributed by atoms with Crippen molar-refractivity contribution in [2.45, 2.75) is 0 Å². The number of aromatic nitrogens is 1. The Labute approximate surface area is 193 Å². The smallest absolute Gasteiger partial charge is 0.270 e. The Morgan fingerprint density at radius 1 is 0.939 bits per heavy atom. The SMILES string of the molecule is COc1ccccc1N1CCN(C(=O)C(=Cc2cccnc2)NC(=O)c2ccccc2)CC1. The molecule has 0 spiro atoms. The van der Waals surface area contributed by atoms with Gasteiger partial charge in [-0.05, 0) is 42.0 Å². The Morgan fingerprint density at radius 2 is 1.67 bits per heavy atom. The second-order valence-electron chi connectivity index (χ2n) is 7.62. The van der Waals surface area contributed by atoms with Crippen LogP contribution in [0.1, 0.15) is 15.9 Å². The molecule has 0 unspecified atom stereocenters. The molecule has 2 aromatic carbocycles. The molecule has 2 heterocycles. The van der Waals surface area contributed by atoms with Crippen LogP contribution in [0, 0.1) is 0 Å². The van der Waals surface area contributed by atoms with E-state index in [4.69, 9.17) is 4.74 Å². The van der Waals surface area contributed by atoms with E-state index in [1.54, 1.807) is 60.8 Å². The fraction of sp³-hybridized carbons (Fsp3) is 0.192. The number of methoxy groups -OCH3 is 1. The Kier molecular flexibility index (Phi) is 6.99. The first-order valence-corrected chi connectivity index (χ1v) is 10.8. The highest BCUT2D eigenvalue weighted by molar-refractivity contribution is 6.05. The molecule has 1 N–H and O–H groups in total. The summed E-state index contributed by atoms with van der Waals surface area (Å²) in [5.74, 6) is 0.263. The molecule has 0 aliphatic carbocycles. The largest absolute Gasteiger partial charge is 0.495 e. The zero-order valence-corrected chi connectivity index (χ0v) is 18.5. The molecule has 4 rings (SSSR count). The zero-order chi connectivity index (χ0) is 23.0. The summed E-state index contributed by atoms with van der Waals surface area (Å²) in [6.45, 7) is 2.39. The van der Waals surface area contributed by atoms with E-state index in [9.17, 15) is 9.59 Å². The number of para-hydroxylation sites is 2. The van der Waals surface area contributed by atoms with Gasteiger partial charge in [0, 0.05) is 44.1 Å². The van der Waals surface area contributed by atoms with Gasteiger partial charge in [-0.1, -0.05) is 36.4 Å². The van der Waals surface area contributed by atoms with Gasteiger partial charge in [0.2, 0.25) is 0 Å². The number of piperazine rings is 1. The summed E-state index contributed by atoms with van der Waals surface area (Å²) in [5.41, 5.74) is 2.46. The molecule has 1 aromatic heterocycles. The fourth-order valence-electron chi connectivity index (χ4n) is 3.78. The predicted octanol–water partition coefficient (Wildman–Crippen LogP) is 3.21. The van der Waals surface area contributed by atoms with Crippen LogP contribution in [0.25, 0.3) is 6.08 Å². The Hall–Kier alpha value is -4.13. The zero-order valence-electron chi connectivity index (χ0n) is 18.5. The van der Waals surface area contributed by atoms with Gasteiger partial charge in [-0.25, -0.2) is 0 Å². The Balaban J connectivity index is 1.51. The van der Waals surface area contributed by atoms with Crippen molar-refractivity contribution in [1.82, 2.24) is 15.2 Å². The molecule has 1 aliphatic rings. The Bertz CT molecular complexity index is 1120. The number of ether oxygens (including phenoxy) is 1. The number of pyridine rings is 1. The van der Waals surface area contributed by atoms with Gasteiger partial charge in [0.05, 0.1) is 12.8 Å². The van der Waals surface area contributed by atoms with Crippen LogP contribution < -0.4 is 15.0 Å². The fourth-order valence-corrected chi connectivity index (χ4v) is 3.78. The molecule has 1 fully saturated rings. The van der Waals surface area contributed by atoms with Crippen LogP contribution in [-0.2, 0) is 4.79 Å². The van der Waals surface area contributed by atoms with Gasteiger partial charge in [-0.2, -0.15) is 0 Å². The van der Waals surface area contributed by atoms with Crippen molar-refractivity contribution in [3.63, 3.8) is 0 Å². The summed E-state index contributed by atoms with van der Waals surface area (Å²) in [5, 5.41) is 2.81. The highest BCUT2D eigenvalue weighted by Gasteiger charge is 2.26. The van der Waals surface area contributed by atoms with E-state index in [0.717, 1.165) is 17.0 Å². The van der Waals surface area contributed by atoms with E-state index in [2.05, 4.69) is 15.2 Å². The second-order valence-corrected chi connectivity index (χ2v) is 7.62. The van der Waals surface area contributed by atoms with Gasteiger partial charge in [-0.15, -0.1) is 0 Å². The van der Waals surface area contributed by atoms with Crippen molar-refractivity contribution < 1.29 is 14.3 Å². The van der Waals surface area contributed by atoms with Crippen LogP contribution in [-0.4, -0.2) is 55.0 Å². The van der Waals surface area contributed by atoms with E-state index in [0.29, 0.717) is 31.7 Å². The average Bonchev–Trinajstić information content (AvgIpc) is 2.89. The highest BCUT2D eigenvalue weighted by atomic mass is 16.5. The monoisotopic (exact) mass is 442 g/mol. The molecule has 0 bridgehead atoms. The molecule has 33 heavy (non-hydrogen) atoms. The number of hydrogen-bond donors (Lipinski definition) is 1. The first-order chi connectivity index (χ1) is 16.2. The van der Waals surface area contributed by atoms with Crippen LogP contribution in [0.2, 0.25) is 0 Å². The molecule has 0 saturated carbocycles. The molecule has 2 amide bonds. The molecular formula is C26H26N4O3. The summed E-state index contributed by atoms with van der Waals surface area (Å²) >= 11 is 0. The van der Waals surface area contributed by atoms with Crippen LogP contribution in [0.15, 0.2) is 84.8 Å². The molecule has 1 saturated heterocycles. The number of anilines is 1. The van der Waals surface area contributed by atoms with Gasteiger partial charge in [0.1, 0.15) is 11.4 Å². The van der Waals surface area contributed by atoms with Crippen LogP contribution in [0.5, 0.6) is 5.75 Å². The first-order valence-electron chi connectivity index (χ1n) is 10.8. The lowest BCUT2D eigenvalue weighted by Crippen LogP contribution is -2.50. The lowest BCUT2D eigenvalue weighted by molar-refractivity contribution is -0.127. The standard InChI is InChI=1S/C26H26N4O3/c1-33-24-12-6-5-11-23(24)29-14-16-30(17-15-29)26(32)22(18-20-8-7-13-27-19-20)28-25(31)21-9-3-2-4-10-21/h2-13,18-19H,14-17H2,1H3,(H,28,31). The molecule has 1 aliphatic heterocycles. The number of carbonyl (C=O) groups is 2. The van der Waals surface area contributed by atoms with E-state index < -0.39 is 0 Å². The minimum absolute atomic E-state index is 0.220. The predicted molar refractivity (Wildman–Crippen MR) is 128 cm³/mol. The van der Waals surface area contributed by atoms with E-state index >= 15 is 0 Å². The molecule has 7 nitrogen and oxygen atoms in total. The van der Waals surface area contributed by atoms with Crippen molar-refractivity contribution in [3.05, 3.63) is 95.9 Å². The molecule has 168 valence electrons. The highest BCUT2D eigenvalue weighted by Crippen LogP contribution is 2.28. The van der Waals surface area contributed by atoms with Gasteiger partial charge in [0.15, 0.2) is 0 Å². The number of amides is 2. The molecule has 7 heteroatoms. The van der Waals surface area contributed by atoms with Crippen LogP contribution >= 0.6 is 0 Å². The Morgan fingerprint density at radius 3 is 2.36 bits per heavy atom. The van der Waals surface area contributed by atoms with E-state index in [1.807, 2.05) is 36.4 Å². The number of carbonyl (C=O) groups excluding carboxylic acids is 2. The van der Waals surface area contributed by atoms with Crippen LogP contribution in [0.4, 0.5) is 5.69 Å². The maximum Gasteiger partial charge on any atom is 0.270 e. The maximum absolute atomic E-state index is 13.4. The normalized spacial score (nSPS) is 14.0. The van der Waals surface area contributed by atoms with Gasteiger partial charge < -0.3 is 19.9 Å². The van der Waals surface area contributed by atoms with Crippen molar-refractivity contribution in [2.24, 2.45) is 0 Å². The molecular weight excluding hydrogens is 416 g/mol.